The van der Waals surface area contributed by atoms with Crippen molar-refractivity contribution in [3.05, 3.63) is 0 Å². The number of carbonyl (C=O) groups is 1. The van der Waals surface area contributed by atoms with Crippen LogP contribution in [-0.4, -0.2) is 42.6 Å². The molecule has 0 bridgehead atoms. The van der Waals surface area contributed by atoms with E-state index in [1.54, 1.807) is 19.1 Å². The Hall–Kier alpha value is -0.680. The van der Waals surface area contributed by atoms with Gasteiger partial charge in [-0.15, -0.1) is 0 Å². The quantitative estimate of drug-likeness (QED) is 0.662. The molecular formula is C14H28N2O2S. The van der Waals surface area contributed by atoms with Gasteiger partial charge in [0.15, 0.2) is 0 Å². The molecule has 112 valence electrons. The summed E-state index contributed by atoms with van der Waals surface area (Å²) in [7, 11) is 3.43. The molecule has 0 rings (SSSR count). The summed E-state index contributed by atoms with van der Waals surface area (Å²) in [4.78, 5) is 14.8. The van der Waals surface area contributed by atoms with Gasteiger partial charge in [-0.1, -0.05) is 38.9 Å². The van der Waals surface area contributed by atoms with E-state index in [1.807, 2.05) is 6.92 Å². The lowest BCUT2D eigenvalue weighted by Gasteiger charge is -2.37. The Bertz CT molecular complexity index is 302. The number of amides is 1. The third-order valence-electron chi connectivity index (χ3n) is 3.62. The van der Waals surface area contributed by atoms with Gasteiger partial charge in [-0.05, 0) is 19.8 Å². The summed E-state index contributed by atoms with van der Waals surface area (Å²) in [6.45, 7) is 6.57. The van der Waals surface area contributed by atoms with Crippen LogP contribution in [0.2, 0.25) is 0 Å². The number of likely N-dealkylation sites (N-methyl/N-ethyl adjacent to an activating group) is 1. The zero-order valence-corrected chi connectivity index (χ0v) is 13.7. The maximum atomic E-state index is 12.8. The van der Waals surface area contributed by atoms with Crippen LogP contribution in [0.5, 0.6) is 0 Å². The molecule has 0 heterocycles. The fraction of sp³-hybridized carbons (Fsp3) is 0.857. The van der Waals surface area contributed by atoms with Crippen molar-refractivity contribution < 1.29 is 9.53 Å². The van der Waals surface area contributed by atoms with Crippen LogP contribution in [0.1, 0.15) is 46.5 Å². The number of hydrogen-bond acceptors (Lipinski definition) is 3. The lowest BCUT2D eigenvalue weighted by atomic mass is 9.77. The first-order valence-electron chi connectivity index (χ1n) is 6.93. The number of rotatable bonds is 9. The van der Waals surface area contributed by atoms with Crippen molar-refractivity contribution in [1.82, 2.24) is 4.90 Å². The molecule has 0 aliphatic heterocycles. The molecule has 0 radical (unpaired) electrons. The zero-order chi connectivity index (χ0) is 15.1. The van der Waals surface area contributed by atoms with Crippen molar-refractivity contribution in [2.24, 2.45) is 11.1 Å². The second kappa shape index (κ2) is 8.48. The van der Waals surface area contributed by atoms with Crippen LogP contribution in [0.3, 0.4) is 0 Å². The highest BCUT2D eigenvalue weighted by Crippen LogP contribution is 2.33. The fourth-order valence-corrected chi connectivity index (χ4v) is 2.73. The molecular weight excluding hydrogens is 260 g/mol. The average Bonchev–Trinajstić information content (AvgIpc) is 2.36. The van der Waals surface area contributed by atoms with Crippen LogP contribution in [0.4, 0.5) is 0 Å². The molecule has 1 unspecified atom stereocenters. The summed E-state index contributed by atoms with van der Waals surface area (Å²) in [5, 5.41) is 0. The van der Waals surface area contributed by atoms with E-state index >= 15 is 0 Å². The van der Waals surface area contributed by atoms with Crippen LogP contribution >= 0.6 is 12.2 Å². The minimum atomic E-state index is -0.699. The molecule has 0 aromatic rings. The minimum Gasteiger partial charge on any atom is -0.392 e. The summed E-state index contributed by atoms with van der Waals surface area (Å²) in [5.41, 5.74) is 5.21. The highest BCUT2D eigenvalue weighted by molar-refractivity contribution is 7.80. The zero-order valence-electron chi connectivity index (χ0n) is 12.9. The van der Waals surface area contributed by atoms with Crippen molar-refractivity contribution in [2.75, 3.05) is 20.8 Å². The normalized spacial score (nSPS) is 13.1. The number of nitrogens with two attached hydrogens (primary N) is 1. The Kier molecular flexibility index (Phi) is 8.18. The van der Waals surface area contributed by atoms with Gasteiger partial charge in [0.1, 0.15) is 0 Å². The Morgan fingerprint density at radius 2 is 1.84 bits per heavy atom. The molecule has 2 N–H and O–H groups in total. The monoisotopic (exact) mass is 288 g/mol. The largest absolute Gasteiger partial charge is 0.392 e. The summed E-state index contributed by atoms with van der Waals surface area (Å²) in [6.07, 6.45) is 3.18. The summed E-state index contributed by atoms with van der Waals surface area (Å²) in [5.74, 6) is 0.0215. The smallest absolute Gasteiger partial charge is 0.235 e. The Morgan fingerprint density at radius 3 is 2.16 bits per heavy atom. The van der Waals surface area contributed by atoms with Gasteiger partial charge in [-0.2, -0.15) is 0 Å². The molecule has 0 saturated heterocycles. The summed E-state index contributed by atoms with van der Waals surface area (Å²) >= 11 is 5.21. The summed E-state index contributed by atoms with van der Waals surface area (Å²) < 4.78 is 5.11. The lowest BCUT2D eigenvalue weighted by molar-refractivity contribution is -0.140. The van der Waals surface area contributed by atoms with Crippen LogP contribution in [0.25, 0.3) is 0 Å². The molecule has 19 heavy (non-hydrogen) atoms. The van der Waals surface area contributed by atoms with Crippen molar-refractivity contribution in [2.45, 2.75) is 52.5 Å². The Labute approximate surface area is 122 Å². The van der Waals surface area contributed by atoms with Gasteiger partial charge in [-0.25, -0.2) is 0 Å². The summed E-state index contributed by atoms with van der Waals surface area (Å²) in [6, 6.07) is 0.0138. The van der Waals surface area contributed by atoms with E-state index in [-0.39, 0.29) is 11.9 Å². The van der Waals surface area contributed by atoms with E-state index in [2.05, 4.69) is 13.8 Å². The average molecular weight is 288 g/mol. The standard InChI is InChI=1S/C14H28N2O2S/c1-6-8-14(9-7-2,12(15)19)13(17)16(4)11(3)10-18-5/h11H,6-10H2,1-5H3,(H2,15,19). The maximum absolute atomic E-state index is 12.8. The van der Waals surface area contributed by atoms with Crippen LogP contribution in [0, 0.1) is 5.41 Å². The van der Waals surface area contributed by atoms with Crippen molar-refractivity contribution in [1.29, 1.82) is 0 Å². The second-order valence-electron chi connectivity index (χ2n) is 5.17. The molecule has 0 aliphatic rings. The maximum Gasteiger partial charge on any atom is 0.235 e. The van der Waals surface area contributed by atoms with E-state index in [4.69, 9.17) is 22.7 Å². The molecule has 0 fully saturated rings. The first-order chi connectivity index (χ1) is 8.87. The second-order valence-corrected chi connectivity index (χ2v) is 5.61. The third kappa shape index (κ3) is 4.42. The highest BCUT2D eigenvalue weighted by atomic mass is 32.1. The predicted octanol–water partition coefficient (Wildman–Crippen LogP) is 2.35. The number of carbonyl (C=O) groups excluding carboxylic acids is 1. The number of nitrogens with zero attached hydrogens (tertiary/aromatic N) is 1. The van der Waals surface area contributed by atoms with Gasteiger partial charge in [-0.3, -0.25) is 4.79 Å². The van der Waals surface area contributed by atoms with Crippen molar-refractivity contribution in [3.8, 4) is 0 Å². The topological polar surface area (TPSA) is 55.6 Å². The van der Waals surface area contributed by atoms with Gasteiger partial charge in [0.2, 0.25) is 5.91 Å². The molecule has 0 saturated carbocycles. The lowest BCUT2D eigenvalue weighted by Crippen LogP contribution is -2.52. The van der Waals surface area contributed by atoms with Crippen LogP contribution in [0.15, 0.2) is 0 Å². The number of ether oxygens (including phenoxy) is 1. The van der Waals surface area contributed by atoms with E-state index in [9.17, 15) is 4.79 Å². The van der Waals surface area contributed by atoms with Crippen LogP contribution in [-0.2, 0) is 9.53 Å². The van der Waals surface area contributed by atoms with E-state index in [1.165, 1.54) is 0 Å². The van der Waals surface area contributed by atoms with Gasteiger partial charge < -0.3 is 15.4 Å². The molecule has 0 aromatic carbocycles. The van der Waals surface area contributed by atoms with Gasteiger partial charge in [0, 0.05) is 14.2 Å². The predicted molar refractivity (Wildman–Crippen MR) is 83.1 cm³/mol. The molecule has 5 heteroatoms. The molecule has 4 nitrogen and oxygen atoms in total. The highest BCUT2D eigenvalue weighted by Gasteiger charge is 2.42. The Morgan fingerprint density at radius 1 is 1.37 bits per heavy atom. The van der Waals surface area contributed by atoms with Crippen molar-refractivity contribution >= 4 is 23.1 Å². The van der Waals surface area contributed by atoms with Crippen molar-refractivity contribution in [3.63, 3.8) is 0 Å². The number of hydrogen-bond donors (Lipinski definition) is 1. The van der Waals surface area contributed by atoms with Gasteiger partial charge in [0.25, 0.3) is 0 Å². The number of thiocarbonyl (C=S) groups is 1. The third-order valence-corrected chi connectivity index (χ3v) is 4.01. The molecule has 1 atom stereocenters. The Balaban J connectivity index is 5.23. The first kappa shape index (κ1) is 18.3. The fourth-order valence-electron chi connectivity index (χ4n) is 2.43. The minimum absolute atomic E-state index is 0.0138. The number of methoxy groups -OCH3 is 1. The molecule has 0 aromatic heterocycles. The molecule has 0 aliphatic carbocycles. The molecule has 1 amide bonds. The van der Waals surface area contributed by atoms with E-state index in [0.717, 1.165) is 12.8 Å². The van der Waals surface area contributed by atoms with Gasteiger partial charge in [0.05, 0.1) is 23.1 Å². The van der Waals surface area contributed by atoms with Crippen LogP contribution < -0.4 is 5.73 Å². The van der Waals surface area contributed by atoms with E-state index in [0.29, 0.717) is 24.4 Å². The first-order valence-corrected chi connectivity index (χ1v) is 7.34. The van der Waals surface area contributed by atoms with Gasteiger partial charge >= 0.3 is 0 Å². The van der Waals surface area contributed by atoms with E-state index < -0.39 is 5.41 Å². The SMILES string of the molecule is CCCC(CCC)(C(=O)N(C)C(C)COC)C(N)=S. The molecule has 0 spiro atoms.